The summed E-state index contributed by atoms with van der Waals surface area (Å²) in [6, 6.07) is 9.22. The maximum atomic E-state index is 6.03. The van der Waals surface area contributed by atoms with E-state index in [4.69, 9.17) is 21.8 Å². The molecule has 0 saturated heterocycles. The highest BCUT2D eigenvalue weighted by atomic mass is 35.5. The Balaban J connectivity index is 1.60. The first-order valence-electron chi connectivity index (χ1n) is 7.19. The van der Waals surface area contributed by atoms with E-state index in [0.717, 1.165) is 20.7 Å². The fourth-order valence-electron chi connectivity index (χ4n) is 2.20. The first-order valence-corrected chi connectivity index (χ1v) is 8.39. The van der Waals surface area contributed by atoms with Crippen LogP contribution in [0.2, 0.25) is 5.02 Å². The second-order valence-corrected chi connectivity index (χ2v) is 6.52. The van der Waals surface area contributed by atoms with Crippen LogP contribution in [0.5, 0.6) is 0 Å². The monoisotopic (exact) mass is 370 g/mol. The smallest absolute Gasteiger partial charge is 0.246 e. The lowest BCUT2D eigenvalue weighted by Crippen LogP contribution is -2.00. The van der Waals surface area contributed by atoms with E-state index < -0.39 is 0 Å². The number of nitrogens with one attached hydrogen (secondary N) is 1. The molecule has 25 heavy (non-hydrogen) atoms. The Morgan fingerprint density at radius 2 is 2.20 bits per heavy atom. The summed E-state index contributed by atoms with van der Waals surface area (Å²) in [5.41, 5.74) is 9.67. The fraction of sp³-hybridized carbons (Fsp3) is 0. The molecule has 4 rings (SSSR count). The van der Waals surface area contributed by atoms with Gasteiger partial charge in [-0.25, -0.2) is 15.4 Å². The normalized spacial score (nSPS) is 11.4. The molecule has 0 aliphatic rings. The van der Waals surface area contributed by atoms with Crippen LogP contribution in [0, 0.1) is 0 Å². The van der Waals surface area contributed by atoms with Crippen molar-refractivity contribution in [3.05, 3.63) is 53.5 Å². The lowest BCUT2D eigenvalue weighted by Gasteiger charge is -2.01. The number of hydrogen-bond donors (Lipinski definition) is 2. The number of nitrogens with two attached hydrogens (primary N) is 1. The average molecular weight is 371 g/mol. The molecule has 0 fully saturated rings. The van der Waals surface area contributed by atoms with Gasteiger partial charge in [-0.2, -0.15) is 10.1 Å². The average Bonchev–Trinajstić information content (AvgIpc) is 3.24. The summed E-state index contributed by atoms with van der Waals surface area (Å²) in [5, 5.41) is 5.53. The number of hydrazone groups is 1. The zero-order valence-electron chi connectivity index (χ0n) is 12.7. The summed E-state index contributed by atoms with van der Waals surface area (Å²) in [4.78, 5) is 14.2. The number of rotatable bonds is 4. The number of aromatic nitrogens is 3. The molecule has 0 aliphatic heterocycles. The molecule has 0 atom stereocenters. The molecule has 3 N–H and O–H groups in total. The van der Waals surface area contributed by atoms with Crippen molar-refractivity contribution >= 4 is 51.1 Å². The number of fused-ring (bicyclic) bond motifs is 1. The van der Waals surface area contributed by atoms with E-state index in [9.17, 15) is 0 Å². The second-order valence-electron chi connectivity index (χ2n) is 5.05. The summed E-state index contributed by atoms with van der Waals surface area (Å²) in [6.07, 6.45) is 4.65. The maximum Gasteiger partial charge on any atom is 0.246 e. The third kappa shape index (κ3) is 3.30. The van der Waals surface area contributed by atoms with Crippen molar-refractivity contribution in [3.63, 3.8) is 0 Å². The van der Waals surface area contributed by atoms with Gasteiger partial charge in [-0.3, -0.25) is 0 Å². The Morgan fingerprint density at radius 1 is 1.28 bits per heavy atom. The second kappa shape index (κ2) is 6.50. The van der Waals surface area contributed by atoms with Gasteiger partial charge in [0.1, 0.15) is 10.6 Å². The highest BCUT2D eigenvalue weighted by Gasteiger charge is 2.12. The minimum atomic E-state index is 0.314. The molecule has 0 unspecified atom stereocenters. The van der Waals surface area contributed by atoms with Gasteiger partial charge in [-0.1, -0.05) is 23.7 Å². The van der Waals surface area contributed by atoms with Gasteiger partial charge in [0.15, 0.2) is 12.2 Å². The van der Waals surface area contributed by atoms with E-state index in [2.05, 4.69) is 25.5 Å². The minimum absolute atomic E-state index is 0.314. The van der Waals surface area contributed by atoms with Gasteiger partial charge in [-0.15, -0.1) is 11.3 Å². The molecule has 124 valence electrons. The number of anilines is 2. The molecule has 3 aromatic heterocycles. The first kappa shape index (κ1) is 15.6. The molecular weight excluding hydrogens is 360 g/mol. The van der Waals surface area contributed by atoms with Crippen molar-refractivity contribution in [1.82, 2.24) is 15.0 Å². The molecule has 0 amide bonds. The number of oxazole rings is 1. The molecule has 7 nitrogen and oxygen atoms in total. The largest absolute Gasteiger partial charge is 0.443 e. The van der Waals surface area contributed by atoms with Gasteiger partial charge in [-0.05, 0) is 23.8 Å². The first-order chi connectivity index (χ1) is 12.2. The fourth-order valence-corrected chi connectivity index (χ4v) is 3.39. The van der Waals surface area contributed by atoms with E-state index in [1.54, 1.807) is 24.5 Å². The van der Waals surface area contributed by atoms with E-state index in [1.165, 1.54) is 17.7 Å². The van der Waals surface area contributed by atoms with Gasteiger partial charge in [0.05, 0.1) is 22.7 Å². The van der Waals surface area contributed by atoms with Crippen molar-refractivity contribution < 1.29 is 4.42 Å². The Kier molecular flexibility index (Phi) is 4.04. The van der Waals surface area contributed by atoms with Crippen molar-refractivity contribution in [1.29, 1.82) is 0 Å². The molecule has 4 aromatic rings. The molecule has 0 bridgehead atoms. The quantitative estimate of drug-likeness (QED) is 0.415. The molecule has 0 aliphatic carbocycles. The zero-order chi connectivity index (χ0) is 17.2. The van der Waals surface area contributed by atoms with Crippen LogP contribution in [0.15, 0.2) is 52.4 Å². The Bertz CT molecular complexity index is 1060. The molecule has 0 radical (unpaired) electrons. The van der Waals surface area contributed by atoms with Crippen LogP contribution in [-0.2, 0) is 0 Å². The highest BCUT2D eigenvalue weighted by Crippen LogP contribution is 2.34. The van der Waals surface area contributed by atoms with Crippen LogP contribution < -0.4 is 11.2 Å². The Labute approximate surface area is 151 Å². The third-order valence-corrected chi connectivity index (χ3v) is 4.60. The third-order valence-electron chi connectivity index (χ3n) is 3.32. The topological polar surface area (TPSA) is 102 Å². The number of nitrogens with zero attached hydrogens (tertiary/aromatic N) is 4. The molecule has 9 heteroatoms. The van der Waals surface area contributed by atoms with Crippen molar-refractivity contribution in [3.8, 4) is 10.6 Å². The zero-order valence-corrected chi connectivity index (χ0v) is 14.3. The van der Waals surface area contributed by atoms with E-state index in [1.807, 2.05) is 18.2 Å². The number of benzene rings is 1. The van der Waals surface area contributed by atoms with Crippen molar-refractivity contribution in [2.45, 2.75) is 0 Å². The molecular formula is C16H11ClN6OS. The van der Waals surface area contributed by atoms with Gasteiger partial charge in [0, 0.05) is 5.02 Å². The van der Waals surface area contributed by atoms with Crippen LogP contribution >= 0.6 is 22.9 Å². The molecule has 0 spiro atoms. The summed E-state index contributed by atoms with van der Waals surface area (Å²) in [5.74, 6) is 1.35. The molecule has 0 saturated carbocycles. The standard InChI is InChI=1S/C16H11ClN6OS/c17-10-3-1-2-9(4-10)6-20-23-16-21-14(18)11-5-13(25-15(11)22-16)12-7-19-8-24-12/h1-8H,(H3,18,21,22,23)/b20-6+. The summed E-state index contributed by atoms with van der Waals surface area (Å²) < 4.78 is 5.30. The molecule has 1 aromatic carbocycles. The number of halogens is 1. The lowest BCUT2D eigenvalue weighted by atomic mass is 10.2. The Morgan fingerprint density at radius 3 is 3.00 bits per heavy atom. The summed E-state index contributed by atoms with van der Waals surface area (Å²) in [6.45, 7) is 0. The lowest BCUT2D eigenvalue weighted by molar-refractivity contribution is 0.573. The van der Waals surface area contributed by atoms with Gasteiger partial charge in [0.2, 0.25) is 5.95 Å². The highest BCUT2D eigenvalue weighted by molar-refractivity contribution is 7.21. The van der Waals surface area contributed by atoms with Crippen molar-refractivity contribution in [2.75, 3.05) is 11.2 Å². The summed E-state index contributed by atoms with van der Waals surface area (Å²) >= 11 is 7.38. The predicted octanol–water partition coefficient (Wildman–Crippen LogP) is 4.03. The van der Waals surface area contributed by atoms with E-state index >= 15 is 0 Å². The predicted molar refractivity (Wildman–Crippen MR) is 100.0 cm³/mol. The molecule has 3 heterocycles. The van der Waals surface area contributed by atoms with E-state index in [0.29, 0.717) is 22.5 Å². The van der Waals surface area contributed by atoms with Crippen LogP contribution in [0.3, 0.4) is 0 Å². The Hall–Kier alpha value is -2.97. The van der Waals surface area contributed by atoms with Crippen molar-refractivity contribution in [2.24, 2.45) is 5.10 Å². The van der Waals surface area contributed by atoms with Crippen LogP contribution in [-0.4, -0.2) is 21.2 Å². The van der Waals surface area contributed by atoms with Crippen LogP contribution in [0.4, 0.5) is 11.8 Å². The van der Waals surface area contributed by atoms with Gasteiger partial charge >= 0.3 is 0 Å². The SMILES string of the molecule is Nc1nc(N/N=C/c2cccc(Cl)c2)nc2sc(-c3cnco3)cc12. The van der Waals surface area contributed by atoms with Crippen LogP contribution in [0.1, 0.15) is 5.56 Å². The van der Waals surface area contributed by atoms with Gasteiger partial charge in [0.25, 0.3) is 0 Å². The van der Waals surface area contributed by atoms with E-state index in [-0.39, 0.29) is 0 Å². The number of hydrogen-bond acceptors (Lipinski definition) is 8. The summed E-state index contributed by atoms with van der Waals surface area (Å²) in [7, 11) is 0. The van der Waals surface area contributed by atoms with Gasteiger partial charge < -0.3 is 10.2 Å². The minimum Gasteiger partial charge on any atom is -0.443 e. The number of nitrogen functional groups attached to an aromatic ring is 1. The maximum absolute atomic E-state index is 6.03. The van der Waals surface area contributed by atoms with Crippen LogP contribution in [0.25, 0.3) is 20.9 Å². The number of thiophene rings is 1.